The van der Waals surface area contributed by atoms with E-state index in [1.165, 1.54) is 6.07 Å². The van der Waals surface area contributed by atoms with E-state index >= 15 is 0 Å². The molecule has 0 aliphatic rings. The third-order valence-corrected chi connectivity index (χ3v) is 2.40. The van der Waals surface area contributed by atoms with Crippen LogP contribution in [-0.2, 0) is 6.42 Å². The van der Waals surface area contributed by atoms with Gasteiger partial charge in [-0.25, -0.2) is 0 Å². The minimum atomic E-state index is -0.447. The lowest BCUT2D eigenvalue weighted by Crippen LogP contribution is -2.01. The summed E-state index contributed by atoms with van der Waals surface area (Å²) in [5, 5.41) is 19.7. The Morgan fingerprint density at radius 2 is 2.24 bits per heavy atom. The average molecular weight is 239 g/mol. The number of aliphatic hydroxyl groups excluding tert-OH is 1. The molecule has 94 valence electrons. The standard InChI is InChI=1S/C12H17NO4/c1-2-3-8-17-11-5-4-10(6-7-14)12(9-11)13(15)16/h4-5,9,14H,2-3,6-8H2,1H3. The Hall–Kier alpha value is -1.62. The summed E-state index contributed by atoms with van der Waals surface area (Å²) in [5.41, 5.74) is 0.536. The van der Waals surface area contributed by atoms with Gasteiger partial charge in [0.25, 0.3) is 5.69 Å². The highest BCUT2D eigenvalue weighted by molar-refractivity contribution is 5.46. The topological polar surface area (TPSA) is 72.6 Å². The minimum Gasteiger partial charge on any atom is -0.493 e. The van der Waals surface area contributed by atoms with Crippen LogP contribution in [0.4, 0.5) is 5.69 Å². The van der Waals surface area contributed by atoms with Crippen molar-refractivity contribution in [2.24, 2.45) is 0 Å². The summed E-state index contributed by atoms with van der Waals surface area (Å²) < 4.78 is 5.40. The van der Waals surface area contributed by atoms with E-state index in [0.717, 1.165) is 12.8 Å². The fourth-order valence-corrected chi connectivity index (χ4v) is 1.47. The molecule has 1 rings (SSSR count). The Morgan fingerprint density at radius 3 is 2.82 bits per heavy atom. The normalized spacial score (nSPS) is 10.2. The number of benzene rings is 1. The molecule has 1 aromatic rings. The second-order valence-electron chi connectivity index (χ2n) is 3.72. The van der Waals surface area contributed by atoms with E-state index in [4.69, 9.17) is 9.84 Å². The van der Waals surface area contributed by atoms with Gasteiger partial charge in [0.2, 0.25) is 0 Å². The first-order valence-corrected chi connectivity index (χ1v) is 5.70. The highest BCUT2D eigenvalue weighted by Crippen LogP contribution is 2.25. The molecule has 0 fully saturated rings. The first-order chi connectivity index (χ1) is 8.19. The van der Waals surface area contributed by atoms with Crippen LogP contribution in [0.2, 0.25) is 0 Å². The summed E-state index contributed by atoms with van der Waals surface area (Å²) in [5.74, 6) is 0.506. The smallest absolute Gasteiger partial charge is 0.276 e. The number of hydrogen-bond donors (Lipinski definition) is 1. The van der Waals surface area contributed by atoms with Crippen molar-refractivity contribution in [1.82, 2.24) is 0 Å². The number of nitro benzene ring substituents is 1. The van der Waals surface area contributed by atoms with Crippen LogP contribution in [0.25, 0.3) is 0 Å². The van der Waals surface area contributed by atoms with Crippen LogP contribution in [0, 0.1) is 10.1 Å². The summed E-state index contributed by atoms with van der Waals surface area (Å²) in [6, 6.07) is 4.75. The highest BCUT2D eigenvalue weighted by atomic mass is 16.6. The number of nitrogens with zero attached hydrogens (tertiary/aromatic N) is 1. The summed E-state index contributed by atoms with van der Waals surface area (Å²) in [4.78, 5) is 10.4. The molecule has 0 radical (unpaired) electrons. The number of unbranched alkanes of at least 4 members (excludes halogenated alkanes) is 1. The van der Waals surface area contributed by atoms with Gasteiger partial charge >= 0.3 is 0 Å². The molecule has 5 heteroatoms. The molecule has 0 saturated carbocycles. The van der Waals surface area contributed by atoms with Gasteiger partial charge in [0, 0.05) is 18.6 Å². The second kappa shape index (κ2) is 6.85. The van der Waals surface area contributed by atoms with E-state index in [-0.39, 0.29) is 18.7 Å². The van der Waals surface area contributed by atoms with E-state index in [1.54, 1.807) is 12.1 Å². The lowest BCUT2D eigenvalue weighted by Gasteiger charge is -2.07. The molecule has 0 aliphatic heterocycles. The fraction of sp³-hybridized carbons (Fsp3) is 0.500. The molecule has 0 spiro atoms. The van der Waals surface area contributed by atoms with E-state index < -0.39 is 4.92 Å². The number of rotatable bonds is 7. The zero-order chi connectivity index (χ0) is 12.7. The third kappa shape index (κ3) is 4.03. The van der Waals surface area contributed by atoms with Gasteiger partial charge in [0.05, 0.1) is 17.6 Å². The summed E-state index contributed by atoms with van der Waals surface area (Å²) in [7, 11) is 0. The Morgan fingerprint density at radius 1 is 1.47 bits per heavy atom. The van der Waals surface area contributed by atoms with Gasteiger partial charge < -0.3 is 9.84 Å². The van der Waals surface area contributed by atoms with Crippen LogP contribution >= 0.6 is 0 Å². The zero-order valence-corrected chi connectivity index (χ0v) is 9.89. The summed E-state index contributed by atoms with van der Waals surface area (Å²) >= 11 is 0. The number of hydrogen-bond acceptors (Lipinski definition) is 4. The molecule has 1 aromatic carbocycles. The molecule has 0 amide bonds. The SMILES string of the molecule is CCCCOc1ccc(CCO)c([N+](=O)[O-])c1. The molecule has 0 bridgehead atoms. The van der Waals surface area contributed by atoms with Crippen molar-refractivity contribution in [3.63, 3.8) is 0 Å². The first kappa shape index (κ1) is 13.4. The van der Waals surface area contributed by atoms with Gasteiger partial charge in [-0.05, 0) is 18.6 Å². The predicted octanol–water partition coefficient (Wildman–Crippen LogP) is 2.31. The van der Waals surface area contributed by atoms with Crippen molar-refractivity contribution in [3.05, 3.63) is 33.9 Å². The Balaban J connectivity index is 2.81. The van der Waals surface area contributed by atoms with Gasteiger partial charge in [-0.1, -0.05) is 13.3 Å². The molecule has 1 N–H and O–H groups in total. The molecule has 0 unspecified atom stereocenters. The van der Waals surface area contributed by atoms with Crippen molar-refractivity contribution < 1.29 is 14.8 Å². The number of aliphatic hydroxyl groups is 1. The third-order valence-electron chi connectivity index (χ3n) is 2.40. The maximum absolute atomic E-state index is 10.8. The minimum absolute atomic E-state index is 0.00745. The van der Waals surface area contributed by atoms with E-state index in [1.807, 2.05) is 0 Å². The predicted molar refractivity (Wildman–Crippen MR) is 64.3 cm³/mol. The van der Waals surface area contributed by atoms with Crippen LogP contribution in [0.15, 0.2) is 18.2 Å². The van der Waals surface area contributed by atoms with Crippen molar-refractivity contribution in [3.8, 4) is 5.75 Å². The van der Waals surface area contributed by atoms with Crippen LogP contribution in [0.5, 0.6) is 5.75 Å². The van der Waals surface area contributed by atoms with Crippen LogP contribution < -0.4 is 4.74 Å². The summed E-state index contributed by atoms with van der Waals surface area (Å²) in [6.07, 6.45) is 2.22. The van der Waals surface area contributed by atoms with Gasteiger partial charge in [-0.2, -0.15) is 0 Å². The van der Waals surface area contributed by atoms with Crippen molar-refractivity contribution in [1.29, 1.82) is 0 Å². The van der Waals surface area contributed by atoms with E-state index in [2.05, 4.69) is 6.92 Å². The maximum Gasteiger partial charge on any atom is 0.276 e. The van der Waals surface area contributed by atoms with Gasteiger partial charge in [-0.15, -0.1) is 0 Å². The lowest BCUT2D eigenvalue weighted by atomic mass is 10.1. The Kier molecular flexibility index (Phi) is 5.42. The molecule has 0 atom stereocenters. The largest absolute Gasteiger partial charge is 0.493 e. The Labute approximate surface area is 100 Å². The second-order valence-corrected chi connectivity index (χ2v) is 3.72. The Bertz CT molecular complexity index is 379. The fourth-order valence-electron chi connectivity index (χ4n) is 1.47. The van der Waals surface area contributed by atoms with Crippen molar-refractivity contribution in [2.45, 2.75) is 26.2 Å². The number of ether oxygens (including phenoxy) is 1. The van der Waals surface area contributed by atoms with Gasteiger partial charge in [0.15, 0.2) is 0 Å². The summed E-state index contributed by atoms with van der Waals surface area (Å²) in [6.45, 7) is 2.51. The quantitative estimate of drug-likeness (QED) is 0.450. The molecule has 5 nitrogen and oxygen atoms in total. The van der Waals surface area contributed by atoms with Crippen LogP contribution in [-0.4, -0.2) is 23.2 Å². The van der Waals surface area contributed by atoms with Gasteiger partial charge in [0.1, 0.15) is 5.75 Å². The maximum atomic E-state index is 10.8. The van der Waals surface area contributed by atoms with E-state index in [0.29, 0.717) is 17.9 Å². The lowest BCUT2D eigenvalue weighted by molar-refractivity contribution is -0.385. The monoisotopic (exact) mass is 239 g/mol. The molecule has 17 heavy (non-hydrogen) atoms. The van der Waals surface area contributed by atoms with Gasteiger partial charge in [-0.3, -0.25) is 10.1 Å². The molecular formula is C12H17NO4. The van der Waals surface area contributed by atoms with E-state index in [9.17, 15) is 10.1 Å². The van der Waals surface area contributed by atoms with Crippen molar-refractivity contribution in [2.75, 3.05) is 13.2 Å². The zero-order valence-electron chi connectivity index (χ0n) is 9.89. The molecule has 0 aliphatic carbocycles. The molecule has 0 aromatic heterocycles. The van der Waals surface area contributed by atoms with Crippen LogP contribution in [0.3, 0.4) is 0 Å². The molecule has 0 heterocycles. The molecular weight excluding hydrogens is 222 g/mol. The number of nitro groups is 1. The van der Waals surface area contributed by atoms with Crippen LogP contribution in [0.1, 0.15) is 25.3 Å². The average Bonchev–Trinajstić information content (AvgIpc) is 2.31. The highest BCUT2D eigenvalue weighted by Gasteiger charge is 2.14. The molecule has 0 saturated heterocycles. The first-order valence-electron chi connectivity index (χ1n) is 5.70. The van der Waals surface area contributed by atoms with Crippen molar-refractivity contribution >= 4 is 5.69 Å².